The average Bonchev–Trinajstić information content (AvgIpc) is 2.70. The lowest BCUT2D eigenvalue weighted by Gasteiger charge is -2.26. The van der Waals surface area contributed by atoms with Crippen LogP contribution in [0.15, 0.2) is 41.4 Å². The number of hydrogen-bond donors (Lipinski definition) is 1. The summed E-state index contributed by atoms with van der Waals surface area (Å²) >= 11 is 0. The van der Waals surface area contributed by atoms with E-state index in [1.165, 1.54) is 23.9 Å². The van der Waals surface area contributed by atoms with Crippen molar-refractivity contribution in [3.05, 3.63) is 57.6 Å². The molecule has 3 rings (SSSR count). The first-order chi connectivity index (χ1) is 13.6. The molecule has 1 heterocycles. The number of aliphatic imine (C=N–C) groups is 1. The van der Waals surface area contributed by atoms with Crippen LogP contribution in [0.25, 0.3) is 0 Å². The van der Waals surface area contributed by atoms with Crippen LogP contribution in [-0.4, -0.2) is 54.1 Å². The monoisotopic (exact) mass is 385 g/mol. The van der Waals surface area contributed by atoms with E-state index in [4.69, 9.17) is 9.47 Å². The van der Waals surface area contributed by atoms with E-state index in [1.54, 1.807) is 6.92 Å². The van der Waals surface area contributed by atoms with Crippen molar-refractivity contribution in [3.63, 3.8) is 0 Å². The highest BCUT2D eigenvalue weighted by atomic mass is 16.6. The summed E-state index contributed by atoms with van der Waals surface area (Å²) in [6.07, 6.45) is 1.40. The van der Waals surface area contributed by atoms with Crippen molar-refractivity contribution in [2.75, 3.05) is 32.9 Å². The maximum atomic E-state index is 11.1. The number of hydrogen-bond acceptors (Lipinski definition) is 7. The predicted molar refractivity (Wildman–Crippen MR) is 106 cm³/mol. The van der Waals surface area contributed by atoms with E-state index in [0.29, 0.717) is 5.69 Å². The Morgan fingerprint density at radius 1 is 1.29 bits per heavy atom. The molecule has 0 saturated carbocycles. The van der Waals surface area contributed by atoms with Crippen LogP contribution in [0.4, 0.5) is 11.4 Å². The molecule has 0 aromatic heterocycles. The predicted octanol–water partition coefficient (Wildman–Crippen LogP) is 3.28. The van der Waals surface area contributed by atoms with Gasteiger partial charge in [-0.05, 0) is 24.6 Å². The molecule has 1 saturated heterocycles. The van der Waals surface area contributed by atoms with E-state index in [0.717, 1.165) is 32.8 Å². The van der Waals surface area contributed by atoms with Crippen LogP contribution in [0.3, 0.4) is 0 Å². The van der Waals surface area contributed by atoms with Gasteiger partial charge in [0.15, 0.2) is 11.5 Å². The van der Waals surface area contributed by atoms with Crippen molar-refractivity contribution < 1.29 is 19.5 Å². The van der Waals surface area contributed by atoms with Crippen LogP contribution < -0.4 is 4.74 Å². The van der Waals surface area contributed by atoms with Gasteiger partial charge < -0.3 is 14.6 Å². The lowest BCUT2D eigenvalue weighted by molar-refractivity contribution is -0.385. The molecule has 0 radical (unpaired) electrons. The molecule has 2 aromatic rings. The van der Waals surface area contributed by atoms with Crippen LogP contribution in [0.2, 0.25) is 0 Å². The highest BCUT2D eigenvalue weighted by molar-refractivity contribution is 5.88. The Hall–Kier alpha value is -2.97. The number of phenolic OH excluding ortho intramolecular Hbond substituents is 1. The van der Waals surface area contributed by atoms with Crippen molar-refractivity contribution in [2.24, 2.45) is 4.99 Å². The molecule has 2 aromatic carbocycles. The normalized spacial score (nSPS) is 15.0. The van der Waals surface area contributed by atoms with E-state index in [-0.39, 0.29) is 29.4 Å². The van der Waals surface area contributed by atoms with Gasteiger partial charge in [0.1, 0.15) is 0 Å². The lowest BCUT2D eigenvalue weighted by Crippen LogP contribution is -2.35. The van der Waals surface area contributed by atoms with Gasteiger partial charge in [0.05, 0.1) is 36.5 Å². The second-order valence-corrected chi connectivity index (χ2v) is 6.39. The molecule has 0 aliphatic carbocycles. The van der Waals surface area contributed by atoms with E-state index < -0.39 is 4.92 Å². The molecular formula is C20H23N3O5. The summed E-state index contributed by atoms with van der Waals surface area (Å²) in [5.74, 6) is -0.0980. The van der Waals surface area contributed by atoms with Gasteiger partial charge in [-0.15, -0.1) is 0 Å². The van der Waals surface area contributed by atoms with Gasteiger partial charge in [-0.1, -0.05) is 12.1 Å². The number of aromatic hydroxyl groups is 1. The fraction of sp³-hybridized carbons (Fsp3) is 0.350. The number of rotatable bonds is 7. The Balaban J connectivity index is 1.74. The minimum atomic E-state index is -0.528. The largest absolute Gasteiger partial charge is 0.504 e. The summed E-state index contributed by atoms with van der Waals surface area (Å²) < 4.78 is 10.6. The lowest BCUT2D eigenvalue weighted by atomic mass is 10.1. The quantitative estimate of drug-likeness (QED) is 0.446. The molecule has 28 heavy (non-hydrogen) atoms. The molecule has 148 valence electrons. The van der Waals surface area contributed by atoms with Gasteiger partial charge in [-0.3, -0.25) is 20.0 Å². The Labute approximate surface area is 163 Å². The van der Waals surface area contributed by atoms with Gasteiger partial charge >= 0.3 is 0 Å². The first kappa shape index (κ1) is 19.8. The van der Waals surface area contributed by atoms with E-state index in [9.17, 15) is 15.2 Å². The maximum Gasteiger partial charge on any atom is 0.274 e. The summed E-state index contributed by atoms with van der Waals surface area (Å²) in [6.45, 7) is 6.26. The molecule has 0 spiro atoms. The SMILES string of the molecule is CCOc1cc([N+](=O)[O-])cc(C=Nc2ccc(CN3CCOCC3)cc2)c1O. The molecule has 0 atom stereocenters. The third-order valence-corrected chi connectivity index (χ3v) is 4.40. The van der Waals surface area contributed by atoms with Crippen molar-refractivity contribution in [1.82, 2.24) is 4.90 Å². The molecule has 8 nitrogen and oxygen atoms in total. The van der Waals surface area contributed by atoms with Gasteiger partial charge in [0, 0.05) is 37.5 Å². The van der Waals surface area contributed by atoms with Gasteiger partial charge in [0.25, 0.3) is 5.69 Å². The molecule has 0 unspecified atom stereocenters. The third-order valence-electron chi connectivity index (χ3n) is 4.40. The summed E-state index contributed by atoms with van der Waals surface area (Å²) in [7, 11) is 0. The summed E-state index contributed by atoms with van der Waals surface area (Å²) in [5, 5.41) is 21.4. The molecule has 1 N–H and O–H groups in total. The number of ether oxygens (including phenoxy) is 2. The van der Waals surface area contributed by atoms with Crippen LogP contribution in [0.1, 0.15) is 18.1 Å². The summed E-state index contributed by atoms with van der Waals surface area (Å²) in [6, 6.07) is 10.2. The first-order valence-electron chi connectivity index (χ1n) is 9.14. The second kappa shape index (κ2) is 9.29. The van der Waals surface area contributed by atoms with Crippen molar-refractivity contribution in [3.8, 4) is 11.5 Å². The topological polar surface area (TPSA) is 97.4 Å². The maximum absolute atomic E-state index is 11.1. The number of non-ortho nitro benzene ring substituents is 1. The minimum Gasteiger partial charge on any atom is -0.504 e. The fourth-order valence-electron chi connectivity index (χ4n) is 2.93. The number of morpholine rings is 1. The number of nitrogens with zero attached hydrogens (tertiary/aromatic N) is 3. The minimum absolute atomic E-state index is 0.0685. The zero-order valence-electron chi connectivity index (χ0n) is 15.7. The number of phenols is 1. The number of nitro benzene ring substituents is 1. The third kappa shape index (κ3) is 5.05. The zero-order chi connectivity index (χ0) is 19.9. The van der Waals surface area contributed by atoms with E-state index in [2.05, 4.69) is 9.89 Å². The molecule has 1 aliphatic heterocycles. The average molecular weight is 385 g/mol. The molecule has 0 amide bonds. The molecule has 1 aliphatic rings. The van der Waals surface area contributed by atoms with Crippen molar-refractivity contribution in [1.29, 1.82) is 0 Å². The van der Waals surface area contributed by atoms with Crippen LogP contribution in [-0.2, 0) is 11.3 Å². The Morgan fingerprint density at radius 3 is 2.64 bits per heavy atom. The smallest absolute Gasteiger partial charge is 0.274 e. The van der Waals surface area contributed by atoms with Crippen LogP contribution in [0.5, 0.6) is 11.5 Å². The Kier molecular flexibility index (Phi) is 6.57. The Morgan fingerprint density at radius 2 is 2.00 bits per heavy atom. The van der Waals surface area contributed by atoms with Crippen molar-refractivity contribution in [2.45, 2.75) is 13.5 Å². The molecule has 0 bridgehead atoms. The summed E-state index contributed by atoms with van der Waals surface area (Å²) in [5.41, 5.74) is 1.94. The van der Waals surface area contributed by atoms with Crippen LogP contribution >= 0.6 is 0 Å². The highest BCUT2D eigenvalue weighted by Crippen LogP contribution is 2.34. The Bertz CT molecular complexity index is 846. The molecule has 1 fully saturated rings. The van der Waals surface area contributed by atoms with Crippen LogP contribution in [0, 0.1) is 10.1 Å². The highest BCUT2D eigenvalue weighted by Gasteiger charge is 2.16. The van der Waals surface area contributed by atoms with E-state index >= 15 is 0 Å². The zero-order valence-corrected chi connectivity index (χ0v) is 15.7. The first-order valence-corrected chi connectivity index (χ1v) is 9.14. The van der Waals surface area contributed by atoms with E-state index in [1.807, 2.05) is 24.3 Å². The van der Waals surface area contributed by atoms with Crippen molar-refractivity contribution >= 4 is 17.6 Å². The second-order valence-electron chi connectivity index (χ2n) is 6.39. The molecular weight excluding hydrogens is 362 g/mol. The number of nitro groups is 1. The van der Waals surface area contributed by atoms with Gasteiger partial charge in [-0.2, -0.15) is 0 Å². The summed E-state index contributed by atoms with van der Waals surface area (Å²) in [4.78, 5) is 17.2. The molecule has 8 heteroatoms. The standard InChI is InChI=1S/C20H23N3O5/c1-2-28-19-12-18(23(25)26)11-16(20(19)24)13-21-17-5-3-15(4-6-17)14-22-7-9-27-10-8-22/h3-6,11-13,24H,2,7-10,14H2,1H3. The number of benzene rings is 2. The fourth-order valence-corrected chi connectivity index (χ4v) is 2.93. The van der Waals surface area contributed by atoms with Gasteiger partial charge in [0.2, 0.25) is 0 Å². The van der Waals surface area contributed by atoms with Gasteiger partial charge in [-0.25, -0.2) is 0 Å².